The van der Waals surface area contributed by atoms with E-state index in [0.717, 1.165) is 35.3 Å². The molecule has 3 N–H and O–H groups in total. The van der Waals surface area contributed by atoms with Gasteiger partial charge in [-0.2, -0.15) is 0 Å². The Morgan fingerprint density at radius 2 is 1.70 bits per heavy atom. The highest BCUT2D eigenvalue weighted by Crippen LogP contribution is 2.45. The number of carbonyl (C=O) groups is 2. The van der Waals surface area contributed by atoms with Gasteiger partial charge in [0.05, 0.1) is 5.56 Å². The molecular weight excluding hydrogens is 448 g/mol. The van der Waals surface area contributed by atoms with Gasteiger partial charge in [0.2, 0.25) is 5.91 Å². The van der Waals surface area contributed by atoms with Gasteiger partial charge in [0.1, 0.15) is 10.3 Å². The molecule has 2 amide bonds. The fraction of sp³-hybridized carbons (Fsp3) is 0.333. The van der Waals surface area contributed by atoms with E-state index in [1.54, 1.807) is 0 Å². The van der Waals surface area contributed by atoms with E-state index in [2.05, 4.69) is 26.1 Å². The maximum absolute atomic E-state index is 13.6. The van der Waals surface area contributed by atoms with Crippen LogP contribution in [0.2, 0.25) is 0 Å². The number of fused-ring (bicyclic) bond motifs is 1. The molecule has 0 fully saturated rings. The molecule has 0 unspecified atom stereocenters. The highest BCUT2D eigenvalue weighted by Gasteiger charge is 2.34. The first-order valence-corrected chi connectivity index (χ1v) is 13.0. The van der Waals surface area contributed by atoms with Crippen LogP contribution < -0.4 is 11.1 Å². The van der Waals surface area contributed by atoms with Gasteiger partial charge in [-0.1, -0.05) is 69.3 Å². The van der Waals surface area contributed by atoms with Crippen molar-refractivity contribution in [2.24, 2.45) is 17.1 Å². The number of carbonyl (C=O) groups excluding carboxylic acids is 2. The number of thiophene rings is 1. The van der Waals surface area contributed by atoms with Crippen LogP contribution in [0.1, 0.15) is 58.8 Å². The van der Waals surface area contributed by atoms with Crippen molar-refractivity contribution in [3.8, 4) is 0 Å². The Morgan fingerprint density at radius 3 is 2.30 bits per heavy atom. The number of primary amides is 1. The second-order valence-electron chi connectivity index (χ2n) is 9.59. The fourth-order valence-electron chi connectivity index (χ4n) is 4.39. The summed E-state index contributed by atoms with van der Waals surface area (Å²) in [4.78, 5) is 28.2. The van der Waals surface area contributed by atoms with Gasteiger partial charge in [-0.15, -0.1) is 23.1 Å². The first-order chi connectivity index (χ1) is 15.7. The molecular formula is C27H30N2O2S2. The highest BCUT2D eigenvalue weighted by atomic mass is 32.2. The SMILES string of the molecule is CC(C)(C)[C@@H]1CCc2c(sc(NC(=O)[C@H](Sc3ccccc3)c3ccccc3)c2C(N)=O)C1. The summed E-state index contributed by atoms with van der Waals surface area (Å²) in [6.45, 7) is 6.79. The van der Waals surface area contributed by atoms with Crippen molar-refractivity contribution < 1.29 is 9.59 Å². The van der Waals surface area contributed by atoms with Crippen molar-refractivity contribution in [2.45, 2.75) is 50.2 Å². The second kappa shape index (κ2) is 9.74. The van der Waals surface area contributed by atoms with Crippen LogP contribution in [-0.4, -0.2) is 11.8 Å². The molecule has 6 heteroatoms. The predicted molar refractivity (Wildman–Crippen MR) is 138 cm³/mol. The molecule has 2 aromatic carbocycles. The molecule has 0 spiro atoms. The smallest absolute Gasteiger partial charge is 0.251 e. The maximum atomic E-state index is 13.6. The van der Waals surface area contributed by atoms with Gasteiger partial charge < -0.3 is 11.1 Å². The number of rotatable bonds is 6. The summed E-state index contributed by atoms with van der Waals surface area (Å²) >= 11 is 3.01. The third-order valence-corrected chi connectivity index (χ3v) is 8.75. The van der Waals surface area contributed by atoms with Crippen LogP contribution in [0.25, 0.3) is 0 Å². The van der Waals surface area contributed by atoms with Gasteiger partial charge >= 0.3 is 0 Å². The molecule has 0 aliphatic heterocycles. The van der Waals surface area contributed by atoms with E-state index in [1.807, 2.05) is 60.7 Å². The third-order valence-electron chi connectivity index (χ3n) is 6.31. The lowest BCUT2D eigenvalue weighted by Crippen LogP contribution is -2.27. The molecule has 2 atom stereocenters. The normalized spacial score (nSPS) is 16.6. The van der Waals surface area contributed by atoms with Crippen LogP contribution >= 0.6 is 23.1 Å². The molecule has 1 aliphatic carbocycles. The lowest BCUT2D eigenvalue weighted by atomic mass is 9.72. The first kappa shape index (κ1) is 23.6. The highest BCUT2D eigenvalue weighted by molar-refractivity contribution is 8.00. The van der Waals surface area contributed by atoms with Crippen molar-refractivity contribution in [3.05, 3.63) is 82.2 Å². The summed E-state index contributed by atoms with van der Waals surface area (Å²) < 4.78 is 0. The van der Waals surface area contributed by atoms with E-state index in [9.17, 15) is 9.59 Å². The van der Waals surface area contributed by atoms with Crippen molar-refractivity contribution >= 4 is 39.9 Å². The standard InChI is InChI=1S/C27H30N2O2S2/c1-27(2,3)18-14-15-20-21(16-18)33-26(22(20)24(28)30)29-25(31)23(17-10-6-4-7-11-17)32-19-12-8-5-9-13-19/h4-13,18,23H,14-16H2,1-3H3,(H2,28,30)(H,29,31)/t18-,23-/m1/s1. The summed E-state index contributed by atoms with van der Waals surface area (Å²) in [5.74, 6) is -0.0777. The van der Waals surface area contributed by atoms with Crippen molar-refractivity contribution in [1.82, 2.24) is 0 Å². The van der Waals surface area contributed by atoms with Crippen LogP contribution in [0, 0.1) is 11.3 Å². The monoisotopic (exact) mass is 478 g/mol. The zero-order valence-corrected chi connectivity index (χ0v) is 20.9. The molecule has 3 aromatic rings. The Balaban J connectivity index is 1.64. The average molecular weight is 479 g/mol. The molecule has 4 rings (SSSR count). The Kier molecular flexibility index (Phi) is 6.96. The number of amides is 2. The number of hydrogen-bond acceptors (Lipinski definition) is 4. The quantitative estimate of drug-likeness (QED) is 0.399. The Labute approximate surface area is 204 Å². The fourth-order valence-corrected chi connectivity index (χ4v) is 6.77. The van der Waals surface area contributed by atoms with Crippen LogP contribution in [0.15, 0.2) is 65.6 Å². The molecule has 33 heavy (non-hydrogen) atoms. The van der Waals surface area contributed by atoms with E-state index in [1.165, 1.54) is 28.0 Å². The van der Waals surface area contributed by atoms with Crippen LogP contribution in [0.5, 0.6) is 0 Å². The lowest BCUT2D eigenvalue weighted by Gasteiger charge is -2.33. The van der Waals surface area contributed by atoms with Crippen molar-refractivity contribution in [1.29, 1.82) is 0 Å². The lowest BCUT2D eigenvalue weighted by molar-refractivity contribution is -0.115. The molecule has 1 aliphatic rings. The van der Waals surface area contributed by atoms with Gasteiger partial charge in [-0.25, -0.2) is 0 Å². The van der Waals surface area contributed by atoms with Gasteiger partial charge in [0, 0.05) is 9.77 Å². The maximum Gasteiger partial charge on any atom is 0.251 e. The summed E-state index contributed by atoms with van der Waals surface area (Å²) in [6, 6.07) is 19.6. The molecule has 4 nitrogen and oxygen atoms in total. The average Bonchev–Trinajstić information content (AvgIpc) is 3.15. The summed E-state index contributed by atoms with van der Waals surface area (Å²) in [7, 11) is 0. The predicted octanol–water partition coefficient (Wildman–Crippen LogP) is 6.47. The number of benzene rings is 2. The van der Waals surface area contributed by atoms with E-state index < -0.39 is 11.2 Å². The zero-order valence-electron chi connectivity index (χ0n) is 19.3. The molecule has 172 valence electrons. The molecule has 0 bridgehead atoms. The topological polar surface area (TPSA) is 72.2 Å². The molecule has 1 heterocycles. The number of thioether (sulfide) groups is 1. The zero-order chi connectivity index (χ0) is 23.6. The summed E-state index contributed by atoms with van der Waals surface area (Å²) in [5, 5.41) is 3.22. The van der Waals surface area contributed by atoms with E-state index >= 15 is 0 Å². The second-order valence-corrected chi connectivity index (χ2v) is 11.9. The van der Waals surface area contributed by atoms with Gasteiger partial charge in [-0.05, 0) is 53.9 Å². The van der Waals surface area contributed by atoms with Crippen LogP contribution in [0.4, 0.5) is 5.00 Å². The van der Waals surface area contributed by atoms with E-state index in [-0.39, 0.29) is 11.3 Å². The minimum absolute atomic E-state index is 0.150. The van der Waals surface area contributed by atoms with Crippen LogP contribution in [0.3, 0.4) is 0 Å². The van der Waals surface area contributed by atoms with Gasteiger partial charge in [-0.3, -0.25) is 9.59 Å². The Hall–Kier alpha value is -2.57. The molecule has 1 aromatic heterocycles. The van der Waals surface area contributed by atoms with Crippen molar-refractivity contribution in [3.63, 3.8) is 0 Å². The molecule has 0 radical (unpaired) electrons. The summed E-state index contributed by atoms with van der Waals surface area (Å²) in [5.41, 5.74) is 8.43. The Bertz CT molecular complexity index is 1130. The Morgan fingerprint density at radius 1 is 1.06 bits per heavy atom. The molecule has 0 saturated heterocycles. The van der Waals surface area contributed by atoms with Gasteiger partial charge in [0.25, 0.3) is 5.91 Å². The van der Waals surface area contributed by atoms with E-state index in [4.69, 9.17) is 5.73 Å². The first-order valence-electron chi connectivity index (χ1n) is 11.3. The third kappa shape index (κ3) is 5.33. The molecule has 0 saturated carbocycles. The van der Waals surface area contributed by atoms with Crippen molar-refractivity contribution in [2.75, 3.05) is 5.32 Å². The number of nitrogens with one attached hydrogen (secondary N) is 1. The minimum atomic E-state index is -0.469. The largest absolute Gasteiger partial charge is 0.365 e. The number of anilines is 1. The number of nitrogens with two attached hydrogens (primary N) is 1. The van der Waals surface area contributed by atoms with Gasteiger partial charge in [0.15, 0.2) is 0 Å². The van der Waals surface area contributed by atoms with E-state index in [0.29, 0.717) is 16.5 Å². The minimum Gasteiger partial charge on any atom is -0.365 e. The number of hydrogen-bond donors (Lipinski definition) is 2. The van der Waals surface area contributed by atoms with Crippen LogP contribution in [-0.2, 0) is 17.6 Å². The summed E-state index contributed by atoms with van der Waals surface area (Å²) in [6.07, 6.45) is 2.76.